The molecule has 0 radical (unpaired) electrons. The number of carbonyl (C=O) groups is 2. The Balaban J connectivity index is 1.84. The number of alkyl carbamates (subject to hydrolysis) is 1. The lowest BCUT2D eigenvalue weighted by Gasteiger charge is -2.32. The standard InChI is InChI=1S/C26H26N2O3/c1-25(2,3)31-24(30)27-26(20-14-8-5-9-15-20)21-16-10-11-17-22(21)28(23(26)29)18-19-12-6-4-7-13-19/h4-17H,18H2,1-3H3,(H,27,30)/t26-/m1/s1. The maximum Gasteiger partial charge on any atom is 0.409 e. The third-order valence-corrected chi connectivity index (χ3v) is 5.24. The number of ether oxygens (including phenoxy) is 1. The van der Waals surface area contributed by atoms with E-state index in [4.69, 9.17) is 4.74 Å². The first kappa shape index (κ1) is 20.7. The Labute approximate surface area is 182 Å². The van der Waals surface area contributed by atoms with Crippen LogP contribution in [0.15, 0.2) is 84.9 Å². The molecule has 4 rings (SSSR count). The second kappa shape index (κ2) is 7.91. The van der Waals surface area contributed by atoms with E-state index in [1.807, 2.05) is 84.9 Å². The molecule has 1 aliphatic heterocycles. The molecule has 0 aliphatic carbocycles. The highest BCUT2D eigenvalue weighted by molar-refractivity contribution is 6.11. The lowest BCUT2D eigenvalue weighted by molar-refractivity contribution is -0.123. The van der Waals surface area contributed by atoms with E-state index in [0.29, 0.717) is 12.1 Å². The summed E-state index contributed by atoms with van der Waals surface area (Å²) in [6, 6.07) is 26.7. The van der Waals surface area contributed by atoms with Crippen LogP contribution in [0.1, 0.15) is 37.5 Å². The number of carbonyl (C=O) groups excluding carboxylic acids is 2. The smallest absolute Gasteiger partial charge is 0.409 e. The Morgan fingerprint density at radius 2 is 1.48 bits per heavy atom. The largest absolute Gasteiger partial charge is 0.444 e. The third kappa shape index (κ3) is 3.91. The molecule has 3 aromatic rings. The summed E-state index contributed by atoms with van der Waals surface area (Å²) in [5.41, 5.74) is 1.15. The van der Waals surface area contributed by atoms with Crippen LogP contribution in [-0.2, 0) is 21.6 Å². The fourth-order valence-electron chi connectivity index (χ4n) is 3.99. The summed E-state index contributed by atoms with van der Waals surface area (Å²) >= 11 is 0. The molecule has 1 heterocycles. The highest BCUT2D eigenvalue weighted by atomic mass is 16.6. The van der Waals surface area contributed by atoms with Gasteiger partial charge >= 0.3 is 6.09 Å². The maximum atomic E-state index is 14.0. The fraction of sp³-hybridized carbons (Fsp3) is 0.231. The first-order valence-electron chi connectivity index (χ1n) is 10.3. The first-order chi connectivity index (χ1) is 14.8. The van der Waals surface area contributed by atoms with Crippen molar-refractivity contribution in [2.75, 3.05) is 4.90 Å². The zero-order valence-electron chi connectivity index (χ0n) is 18.0. The van der Waals surface area contributed by atoms with Crippen LogP contribution in [0.2, 0.25) is 0 Å². The van der Waals surface area contributed by atoms with E-state index >= 15 is 0 Å². The second-order valence-corrected chi connectivity index (χ2v) is 8.64. The molecule has 0 unspecified atom stereocenters. The normalized spacial score (nSPS) is 17.9. The zero-order valence-corrected chi connectivity index (χ0v) is 18.0. The molecular formula is C26H26N2O3. The Kier molecular flexibility index (Phi) is 5.27. The molecule has 0 spiro atoms. The summed E-state index contributed by atoms with van der Waals surface area (Å²) in [7, 11) is 0. The predicted molar refractivity (Wildman–Crippen MR) is 121 cm³/mol. The molecule has 3 aromatic carbocycles. The molecule has 5 nitrogen and oxygen atoms in total. The van der Waals surface area contributed by atoms with Crippen molar-refractivity contribution in [3.8, 4) is 0 Å². The lowest BCUT2D eigenvalue weighted by Crippen LogP contribution is -2.54. The molecule has 0 saturated carbocycles. The van der Waals surface area contributed by atoms with Crippen molar-refractivity contribution in [2.24, 2.45) is 0 Å². The summed E-state index contributed by atoms with van der Waals surface area (Å²) in [6.45, 7) is 5.80. The van der Waals surface area contributed by atoms with E-state index in [9.17, 15) is 9.59 Å². The number of rotatable bonds is 4. The Hall–Kier alpha value is -3.60. The minimum absolute atomic E-state index is 0.213. The minimum atomic E-state index is -1.37. The van der Waals surface area contributed by atoms with Gasteiger partial charge in [-0.25, -0.2) is 4.79 Å². The summed E-state index contributed by atoms with van der Waals surface area (Å²) in [5.74, 6) is -0.213. The zero-order chi connectivity index (χ0) is 22.1. The number of benzene rings is 3. The van der Waals surface area contributed by atoms with Crippen LogP contribution in [0, 0.1) is 0 Å². The van der Waals surface area contributed by atoms with Gasteiger partial charge in [0, 0.05) is 5.56 Å². The van der Waals surface area contributed by atoms with E-state index in [1.165, 1.54) is 0 Å². The molecule has 0 bridgehead atoms. The molecule has 1 aliphatic rings. The number of fused-ring (bicyclic) bond motifs is 1. The average Bonchev–Trinajstić information content (AvgIpc) is 2.97. The Morgan fingerprint density at radius 3 is 2.13 bits per heavy atom. The highest BCUT2D eigenvalue weighted by Gasteiger charge is 2.53. The summed E-state index contributed by atoms with van der Waals surface area (Å²) in [4.78, 5) is 28.7. The SMILES string of the molecule is CC(C)(C)OC(=O)N[C@@]1(c2ccccc2)C(=O)N(Cc2ccccc2)c2ccccc21. The minimum Gasteiger partial charge on any atom is -0.444 e. The number of nitrogens with zero attached hydrogens (tertiary/aromatic N) is 1. The van der Waals surface area contributed by atoms with Crippen LogP contribution in [0.3, 0.4) is 0 Å². The van der Waals surface area contributed by atoms with Crippen LogP contribution in [-0.4, -0.2) is 17.6 Å². The van der Waals surface area contributed by atoms with Gasteiger partial charge in [-0.2, -0.15) is 0 Å². The van der Waals surface area contributed by atoms with Gasteiger partial charge in [0.15, 0.2) is 5.54 Å². The third-order valence-electron chi connectivity index (χ3n) is 5.24. The van der Waals surface area contributed by atoms with Crippen molar-refractivity contribution in [3.63, 3.8) is 0 Å². The van der Waals surface area contributed by atoms with Crippen LogP contribution in [0.4, 0.5) is 10.5 Å². The van der Waals surface area contributed by atoms with Gasteiger partial charge in [0.25, 0.3) is 5.91 Å². The monoisotopic (exact) mass is 414 g/mol. The second-order valence-electron chi connectivity index (χ2n) is 8.64. The number of para-hydroxylation sites is 1. The van der Waals surface area contributed by atoms with Gasteiger partial charge < -0.3 is 9.64 Å². The Bertz CT molecular complexity index is 1090. The van der Waals surface area contributed by atoms with Crippen molar-refractivity contribution in [3.05, 3.63) is 102 Å². The van der Waals surface area contributed by atoms with E-state index < -0.39 is 17.2 Å². The van der Waals surface area contributed by atoms with Gasteiger partial charge in [0.05, 0.1) is 12.2 Å². The molecule has 2 amide bonds. The van der Waals surface area contributed by atoms with Gasteiger partial charge in [-0.15, -0.1) is 0 Å². The van der Waals surface area contributed by atoms with Crippen molar-refractivity contribution < 1.29 is 14.3 Å². The topological polar surface area (TPSA) is 58.6 Å². The van der Waals surface area contributed by atoms with Crippen LogP contribution < -0.4 is 10.2 Å². The van der Waals surface area contributed by atoms with Gasteiger partial charge in [0.1, 0.15) is 5.60 Å². The summed E-state index contributed by atoms with van der Waals surface area (Å²) in [6.07, 6.45) is -0.638. The molecule has 1 atom stereocenters. The average molecular weight is 415 g/mol. The van der Waals surface area contributed by atoms with Crippen molar-refractivity contribution in [1.29, 1.82) is 0 Å². The summed E-state index contributed by atoms with van der Waals surface area (Å²) < 4.78 is 5.54. The molecule has 0 aromatic heterocycles. The molecule has 0 saturated heterocycles. The van der Waals surface area contributed by atoms with Gasteiger partial charge in [-0.3, -0.25) is 10.1 Å². The van der Waals surface area contributed by atoms with Crippen molar-refractivity contribution >= 4 is 17.7 Å². The lowest BCUT2D eigenvalue weighted by atomic mass is 9.84. The van der Waals surface area contributed by atoms with Crippen LogP contribution in [0.5, 0.6) is 0 Å². The Morgan fingerprint density at radius 1 is 0.903 bits per heavy atom. The molecule has 5 heteroatoms. The predicted octanol–water partition coefficient (Wildman–Crippen LogP) is 5.00. The van der Waals surface area contributed by atoms with Gasteiger partial charge in [-0.1, -0.05) is 78.9 Å². The molecular weight excluding hydrogens is 388 g/mol. The van der Waals surface area contributed by atoms with Crippen LogP contribution in [0.25, 0.3) is 0 Å². The molecule has 158 valence electrons. The summed E-state index contributed by atoms with van der Waals surface area (Å²) in [5, 5.41) is 2.93. The number of anilines is 1. The van der Waals surface area contributed by atoms with Gasteiger partial charge in [-0.05, 0) is 38.0 Å². The van der Waals surface area contributed by atoms with Crippen molar-refractivity contribution in [1.82, 2.24) is 5.32 Å². The maximum absolute atomic E-state index is 14.0. The fourth-order valence-corrected chi connectivity index (χ4v) is 3.99. The molecule has 0 fully saturated rings. The van der Waals surface area contributed by atoms with E-state index in [1.54, 1.807) is 25.7 Å². The van der Waals surface area contributed by atoms with E-state index in [2.05, 4.69) is 5.32 Å². The van der Waals surface area contributed by atoms with Gasteiger partial charge in [0.2, 0.25) is 0 Å². The van der Waals surface area contributed by atoms with E-state index in [-0.39, 0.29) is 5.91 Å². The number of hydrogen-bond acceptors (Lipinski definition) is 3. The van der Waals surface area contributed by atoms with Crippen LogP contribution >= 0.6 is 0 Å². The highest BCUT2D eigenvalue weighted by Crippen LogP contribution is 2.45. The first-order valence-corrected chi connectivity index (χ1v) is 10.3. The molecule has 31 heavy (non-hydrogen) atoms. The van der Waals surface area contributed by atoms with Crippen molar-refractivity contribution in [2.45, 2.75) is 38.5 Å². The number of amides is 2. The number of hydrogen-bond donors (Lipinski definition) is 1. The number of nitrogens with one attached hydrogen (secondary N) is 1. The molecule has 1 N–H and O–H groups in total. The van der Waals surface area contributed by atoms with E-state index in [0.717, 1.165) is 16.8 Å². The quantitative estimate of drug-likeness (QED) is 0.653.